The lowest BCUT2D eigenvalue weighted by atomic mass is 10.1. The first kappa shape index (κ1) is 97.7. The van der Waals surface area contributed by atoms with Gasteiger partial charge in [0.25, 0.3) is 0 Å². The van der Waals surface area contributed by atoms with Crippen molar-refractivity contribution in [3.63, 3.8) is 0 Å². The van der Waals surface area contributed by atoms with E-state index in [0.717, 1.165) is 154 Å². The number of allylic oxidation sites excluding steroid dienone is 18. The second-order valence-electron chi connectivity index (χ2n) is 26.6. The van der Waals surface area contributed by atoms with E-state index < -0.39 is 97.5 Å². The third kappa shape index (κ3) is 74.0. The van der Waals surface area contributed by atoms with Crippen molar-refractivity contribution in [2.24, 2.45) is 0 Å². The molecule has 0 aromatic heterocycles. The fraction of sp³-hybridized carbons (Fsp3) is 0.735. The zero-order valence-corrected chi connectivity index (χ0v) is 66.0. The molecule has 0 aliphatic carbocycles. The van der Waals surface area contributed by atoms with E-state index in [4.69, 9.17) is 37.0 Å². The highest BCUT2D eigenvalue weighted by Crippen LogP contribution is 2.45. The molecule has 0 aromatic rings. The van der Waals surface area contributed by atoms with Crippen LogP contribution in [0, 0.1) is 0 Å². The molecule has 19 heteroatoms. The maximum atomic E-state index is 13.1. The van der Waals surface area contributed by atoms with Crippen molar-refractivity contribution in [3.8, 4) is 0 Å². The van der Waals surface area contributed by atoms with E-state index in [1.165, 1.54) is 96.3 Å². The zero-order valence-electron chi connectivity index (χ0n) is 64.3. The molecular weight excluding hydrogens is 1330 g/mol. The third-order valence-corrected chi connectivity index (χ3v) is 18.6. The molecule has 0 spiro atoms. The summed E-state index contributed by atoms with van der Waals surface area (Å²) in [6.07, 6.45) is 80.7. The standard InChI is InChI=1S/C83H144O17P2/c1-5-9-13-17-21-25-29-33-37-38-42-44-48-52-56-60-64-68-81(86)94-74-79(100-83(88)70-66-62-58-54-50-46-41-36-32-28-24-20-16-12-8-4)76-98-102(91,92)96-72-77(84)71-95-101(89,90)97-75-78(99-82(87)69-65-61-57-53-49-45-40-35-31-27-23-19-15-11-7-3)73-93-80(85)67-63-59-55-51-47-43-39-34-30-26-22-18-14-10-6-2/h9,13,21,24-25,28,33-37,39-42,44,52,56,77-79,84H,5-8,10-12,14-20,22-23,26-27,29-32,38,43,45-51,53-55,57-76H2,1-4H3,(H,89,90)(H,91,92)/b13-9-,25-21-,28-24-,37-33-,39-34-,40-35-,41-36-,44-42-,56-52-. The van der Waals surface area contributed by atoms with E-state index in [1.54, 1.807) is 0 Å². The first-order valence-corrected chi connectivity index (χ1v) is 43.1. The van der Waals surface area contributed by atoms with Crippen LogP contribution in [0.5, 0.6) is 0 Å². The van der Waals surface area contributed by atoms with Crippen LogP contribution in [0.1, 0.15) is 336 Å². The van der Waals surface area contributed by atoms with Gasteiger partial charge in [-0.15, -0.1) is 0 Å². The van der Waals surface area contributed by atoms with Gasteiger partial charge in [-0.25, -0.2) is 9.13 Å². The summed E-state index contributed by atoms with van der Waals surface area (Å²) < 4.78 is 68.5. The number of carbonyl (C=O) groups is 4. The van der Waals surface area contributed by atoms with E-state index in [0.29, 0.717) is 32.1 Å². The molecule has 0 aromatic carbocycles. The number of carbonyl (C=O) groups excluding carboxylic acids is 4. The van der Waals surface area contributed by atoms with E-state index in [2.05, 4.69) is 125 Å². The normalized spacial score (nSPS) is 14.5. The van der Waals surface area contributed by atoms with Gasteiger partial charge >= 0.3 is 39.5 Å². The maximum Gasteiger partial charge on any atom is 0.472 e. The number of ether oxygens (including phenoxy) is 4. The van der Waals surface area contributed by atoms with Crippen LogP contribution in [0.25, 0.3) is 0 Å². The van der Waals surface area contributed by atoms with Crippen LogP contribution in [0.3, 0.4) is 0 Å². The topological polar surface area (TPSA) is 237 Å². The Morgan fingerprint density at radius 1 is 0.284 bits per heavy atom. The largest absolute Gasteiger partial charge is 0.472 e. The SMILES string of the molecule is CC/C=C\C/C=C\C/C=C\C/C=C\C/C=C\CCCC(=O)OCC(COP(=O)(O)OCC(O)COP(=O)(O)OCC(COC(=O)CCCCCCC/C=C\CCCCCCCC)OC(=O)CCCCCCC/C=C\CCCCCCCC)OC(=O)CCCCCCC/C=C\C/C=C\CCCCC. The first-order valence-electron chi connectivity index (χ1n) is 40.1. The van der Waals surface area contributed by atoms with E-state index >= 15 is 0 Å². The molecule has 0 aliphatic rings. The lowest BCUT2D eigenvalue weighted by Gasteiger charge is -2.21. The van der Waals surface area contributed by atoms with Gasteiger partial charge in [-0.05, 0) is 148 Å². The van der Waals surface area contributed by atoms with Crippen molar-refractivity contribution in [2.75, 3.05) is 39.6 Å². The average molecular weight is 1480 g/mol. The van der Waals surface area contributed by atoms with Crippen molar-refractivity contribution in [1.29, 1.82) is 0 Å². The number of unbranched alkanes of at least 4 members (excludes halogenated alkanes) is 31. The average Bonchev–Trinajstić information content (AvgIpc) is 0.923. The molecule has 5 unspecified atom stereocenters. The van der Waals surface area contributed by atoms with Crippen molar-refractivity contribution in [2.45, 2.75) is 354 Å². The predicted octanol–water partition coefficient (Wildman–Crippen LogP) is 23.3. The zero-order chi connectivity index (χ0) is 74.6. The van der Waals surface area contributed by atoms with Crippen molar-refractivity contribution in [1.82, 2.24) is 0 Å². The Morgan fingerprint density at radius 3 is 0.853 bits per heavy atom. The number of phosphoric acid groups is 2. The van der Waals surface area contributed by atoms with Gasteiger partial charge < -0.3 is 33.8 Å². The Labute approximate surface area is 619 Å². The van der Waals surface area contributed by atoms with Gasteiger partial charge in [-0.3, -0.25) is 37.3 Å². The lowest BCUT2D eigenvalue weighted by Crippen LogP contribution is -2.30. The second kappa shape index (κ2) is 75.0. The highest BCUT2D eigenvalue weighted by Gasteiger charge is 2.30. The van der Waals surface area contributed by atoms with Gasteiger partial charge in [0.05, 0.1) is 26.4 Å². The van der Waals surface area contributed by atoms with E-state index in [1.807, 2.05) is 12.2 Å². The molecule has 0 aliphatic heterocycles. The van der Waals surface area contributed by atoms with Crippen LogP contribution in [-0.4, -0.2) is 96.7 Å². The summed E-state index contributed by atoms with van der Waals surface area (Å²) in [5, 5.41) is 10.6. The summed E-state index contributed by atoms with van der Waals surface area (Å²) in [4.78, 5) is 73.0. The first-order chi connectivity index (χ1) is 49.7. The monoisotopic (exact) mass is 1470 g/mol. The molecule has 102 heavy (non-hydrogen) atoms. The van der Waals surface area contributed by atoms with Crippen LogP contribution >= 0.6 is 15.6 Å². The molecular formula is C83H144O17P2. The van der Waals surface area contributed by atoms with Crippen molar-refractivity contribution >= 4 is 39.5 Å². The van der Waals surface area contributed by atoms with Gasteiger partial charge in [-0.2, -0.15) is 0 Å². The Hall–Kier alpha value is -4.28. The van der Waals surface area contributed by atoms with Gasteiger partial charge in [0.1, 0.15) is 19.3 Å². The van der Waals surface area contributed by atoms with Gasteiger partial charge in [-0.1, -0.05) is 272 Å². The third-order valence-electron chi connectivity index (χ3n) is 16.7. The van der Waals surface area contributed by atoms with Crippen LogP contribution < -0.4 is 0 Å². The smallest absolute Gasteiger partial charge is 0.462 e. The van der Waals surface area contributed by atoms with Gasteiger partial charge in [0.2, 0.25) is 0 Å². The van der Waals surface area contributed by atoms with Crippen LogP contribution in [0.4, 0.5) is 0 Å². The van der Waals surface area contributed by atoms with Crippen molar-refractivity contribution in [3.05, 3.63) is 109 Å². The number of aliphatic hydroxyl groups excluding tert-OH is 1. The summed E-state index contributed by atoms with van der Waals surface area (Å²) in [5.74, 6) is -2.26. The number of hydrogen-bond donors (Lipinski definition) is 3. The quantitative estimate of drug-likeness (QED) is 0.0169. The molecule has 3 N–H and O–H groups in total. The minimum Gasteiger partial charge on any atom is -0.462 e. The molecule has 5 atom stereocenters. The Balaban J connectivity index is 5.42. The van der Waals surface area contributed by atoms with Crippen LogP contribution in [0.15, 0.2) is 109 Å². The molecule has 588 valence electrons. The highest BCUT2D eigenvalue weighted by molar-refractivity contribution is 7.47. The Morgan fingerprint density at radius 2 is 0.520 bits per heavy atom. The molecule has 0 rings (SSSR count). The highest BCUT2D eigenvalue weighted by atomic mass is 31.2. The van der Waals surface area contributed by atoms with Gasteiger partial charge in [0.15, 0.2) is 12.2 Å². The number of rotatable bonds is 75. The minimum atomic E-state index is -4.99. The van der Waals surface area contributed by atoms with Crippen LogP contribution in [0.2, 0.25) is 0 Å². The number of hydrogen-bond acceptors (Lipinski definition) is 15. The number of aliphatic hydroxyl groups is 1. The Bertz CT molecular complexity index is 2360. The molecule has 0 saturated carbocycles. The predicted molar refractivity (Wildman–Crippen MR) is 418 cm³/mol. The molecule has 0 saturated heterocycles. The number of esters is 4. The summed E-state index contributed by atoms with van der Waals surface area (Å²) in [6.45, 7) is 4.66. The van der Waals surface area contributed by atoms with Gasteiger partial charge in [0, 0.05) is 25.7 Å². The summed E-state index contributed by atoms with van der Waals surface area (Å²) in [5.41, 5.74) is 0. The molecule has 0 heterocycles. The summed E-state index contributed by atoms with van der Waals surface area (Å²) in [7, 11) is -9.98. The molecule has 0 radical (unpaired) electrons. The minimum absolute atomic E-state index is 0.0653. The lowest BCUT2D eigenvalue weighted by molar-refractivity contribution is -0.161. The van der Waals surface area contributed by atoms with E-state index in [-0.39, 0.29) is 25.7 Å². The second-order valence-corrected chi connectivity index (χ2v) is 29.5. The fourth-order valence-corrected chi connectivity index (χ4v) is 12.1. The van der Waals surface area contributed by atoms with Crippen LogP contribution in [-0.2, 0) is 65.4 Å². The molecule has 0 amide bonds. The van der Waals surface area contributed by atoms with E-state index in [9.17, 15) is 43.2 Å². The van der Waals surface area contributed by atoms with Crippen molar-refractivity contribution < 1.29 is 80.2 Å². The number of phosphoric ester groups is 2. The maximum absolute atomic E-state index is 13.1. The fourth-order valence-electron chi connectivity index (χ4n) is 10.6. The summed E-state index contributed by atoms with van der Waals surface area (Å²) in [6, 6.07) is 0. The molecule has 0 bridgehead atoms. The molecule has 17 nitrogen and oxygen atoms in total. The Kier molecular flexibility index (Phi) is 71.8. The molecule has 0 fully saturated rings. The summed E-state index contributed by atoms with van der Waals surface area (Å²) >= 11 is 0.